The molecule has 0 atom stereocenters. The summed E-state index contributed by atoms with van der Waals surface area (Å²) in [7, 11) is 0. The van der Waals surface area contributed by atoms with E-state index in [1.807, 2.05) is 0 Å². The molecule has 0 saturated heterocycles. The molecule has 68 valence electrons. The lowest BCUT2D eigenvalue weighted by molar-refractivity contribution is 0.553. The van der Waals surface area contributed by atoms with Crippen molar-refractivity contribution in [3.8, 4) is 0 Å². The van der Waals surface area contributed by atoms with E-state index in [0.29, 0.717) is 21.5 Å². The minimum atomic E-state index is -0.359. The van der Waals surface area contributed by atoms with Gasteiger partial charge in [-0.1, -0.05) is 0 Å². The number of alkyl halides is 1. The largest absolute Gasteiger partial charge is 0.439 e. The highest BCUT2D eigenvalue weighted by atomic mass is 79.9. The number of nitrogens with zero attached hydrogens (tertiary/aromatic N) is 1. The Hall–Kier alpha value is -0.610. The highest BCUT2D eigenvalue weighted by Crippen LogP contribution is 2.24. The smallest absolute Gasteiger partial charge is 0.210 e. The van der Waals surface area contributed by atoms with Gasteiger partial charge in [-0.15, -0.1) is 11.6 Å². The SMILES string of the molecule is Fc1cc2nc(CCl)oc2cc1Br. The van der Waals surface area contributed by atoms with E-state index in [2.05, 4.69) is 20.9 Å². The first kappa shape index (κ1) is 8.97. The van der Waals surface area contributed by atoms with Crippen molar-refractivity contribution in [3.63, 3.8) is 0 Å². The zero-order valence-corrected chi connectivity index (χ0v) is 8.69. The maximum atomic E-state index is 13.0. The van der Waals surface area contributed by atoms with Crippen molar-refractivity contribution in [3.05, 3.63) is 28.3 Å². The lowest BCUT2D eigenvalue weighted by atomic mass is 10.3. The van der Waals surface area contributed by atoms with Gasteiger partial charge in [-0.25, -0.2) is 9.37 Å². The fraction of sp³-hybridized carbons (Fsp3) is 0.125. The fourth-order valence-electron chi connectivity index (χ4n) is 1.03. The van der Waals surface area contributed by atoms with Crippen molar-refractivity contribution in [1.82, 2.24) is 4.98 Å². The molecular weight excluding hydrogens is 260 g/mol. The van der Waals surface area contributed by atoms with Crippen molar-refractivity contribution in [1.29, 1.82) is 0 Å². The van der Waals surface area contributed by atoms with Crippen LogP contribution in [0, 0.1) is 5.82 Å². The summed E-state index contributed by atoms with van der Waals surface area (Å²) in [6, 6.07) is 2.84. The molecule has 2 aromatic rings. The summed E-state index contributed by atoms with van der Waals surface area (Å²) in [6.07, 6.45) is 0. The number of hydrogen-bond acceptors (Lipinski definition) is 2. The van der Waals surface area contributed by atoms with Crippen LogP contribution in [-0.2, 0) is 5.88 Å². The van der Waals surface area contributed by atoms with Crippen LogP contribution in [-0.4, -0.2) is 4.98 Å². The van der Waals surface area contributed by atoms with Crippen LogP contribution in [0.25, 0.3) is 11.1 Å². The number of rotatable bonds is 1. The summed E-state index contributed by atoms with van der Waals surface area (Å²) >= 11 is 8.57. The third kappa shape index (κ3) is 1.56. The third-order valence-electron chi connectivity index (χ3n) is 1.59. The van der Waals surface area contributed by atoms with Crippen molar-refractivity contribution >= 4 is 38.6 Å². The van der Waals surface area contributed by atoms with Gasteiger partial charge < -0.3 is 4.42 Å². The van der Waals surface area contributed by atoms with Crippen molar-refractivity contribution in [2.24, 2.45) is 0 Å². The number of hydrogen-bond donors (Lipinski definition) is 0. The van der Waals surface area contributed by atoms with Crippen LogP contribution >= 0.6 is 27.5 Å². The lowest BCUT2D eigenvalue weighted by Gasteiger charge is -1.90. The van der Waals surface area contributed by atoms with Crippen LogP contribution in [0.3, 0.4) is 0 Å². The van der Waals surface area contributed by atoms with E-state index in [1.54, 1.807) is 0 Å². The molecule has 2 rings (SSSR count). The van der Waals surface area contributed by atoms with E-state index >= 15 is 0 Å². The fourth-order valence-corrected chi connectivity index (χ4v) is 1.47. The van der Waals surface area contributed by atoms with E-state index in [1.165, 1.54) is 12.1 Å². The van der Waals surface area contributed by atoms with E-state index < -0.39 is 0 Å². The van der Waals surface area contributed by atoms with Gasteiger partial charge in [-0.3, -0.25) is 0 Å². The normalized spacial score (nSPS) is 11.0. The van der Waals surface area contributed by atoms with Crippen LogP contribution in [0.15, 0.2) is 21.0 Å². The van der Waals surface area contributed by atoms with Gasteiger partial charge in [0.1, 0.15) is 11.3 Å². The summed E-state index contributed by atoms with van der Waals surface area (Å²) in [4.78, 5) is 3.97. The monoisotopic (exact) mass is 263 g/mol. The van der Waals surface area contributed by atoms with Crippen molar-refractivity contribution in [2.45, 2.75) is 5.88 Å². The van der Waals surface area contributed by atoms with Gasteiger partial charge in [-0.2, -0.15) is 0 Å². The molecule has 13 heavy (non-hydrogen) atoms. The first-order valence-electron chi connectivity index (χ1n) is 3.51. The lowest BCUT2D eigenvalue weighted by Crippen LogP contribution is -1.77. The number of aromatic nitrogens is 1. The number of fused-ring (bicyclic) bond motifs is 1. The van der Waals surface area contributed by atoms with Gasteiger partial charge in [0.05, 0.1) is 10.4 Å². The molecule has 1 heterocycles. The van der Waals surface area contributed by atoms with Gasteiger partial charge in [0.25, 0.3) is 0 Å². The van der Waals surface area contributed by atoms with Gasteiger partial charge in [-0.05, 0) is 15.9 Å². The Morgan fingerprint density at radius 1 is 1.54 bits per heavy atom. The molecule has 0 aliphatic rings. The Kier molecular flexibility index (Phi) is 2.26. The first-order chi connectivity index (χ1) is 6.20. The molecule has 0 unspecified atom stereocenters. The van der Waals surface area contributed by atoms with E-state index in [4.69, 9.17) is 16.0 Å². The maximum Gasteiger partial charge on any atom is 0.210 e. The molecule has 0 spiro atoms. The van der Waals surface area contributed by atoms with Crippen molar-refractivity contribution in [2.75, 3.05) is 0 Å². The number of benzene rings is 1. The molecule has 0 bridgehead atoms. The highest BCUT2D eigenvalue weighted by molar-refractivity contribution is 9.10. The molecule has 1 aromatic heterocycles. The number of oxazole rings is 1. The molecular formula is C8H4BrClFNO. The summed E-state index contributed by atoms with van der Waals surface area (Å²) < 4.78 is 18.6. The molecule has 0 saturated carbocycles. The zero-order valence-electron chi connectivity index (χ0n) is 6.35. The minimum absolute atomic E-state index is 0.188. The molecule has 0 fully saturated rings. The molecule has 0 radical (unpaired) electrons. The molecule has 0 aliphatic carbocycles. The van der Waals surface area contributed by atoms with Crippen LogP contribution in [0.2, 0.25) is 0 Å². The van der Waals surface area contributed by atoms with Crippen molar-refractivity contribution < 1.29 is 8.81 Å². The molecule has 0 amide bonds. The molecule has 5 heteroatoms. The van der Waals surface area contributed by atoms with E-state index in [0.717, 1.165) is 0 Å². The van der Waals surface area contributed by atoms with E-state index in [-0.39, 0.29) is 11.7 Å². The summed E-state index contributed by atoms with van der Waals surface area (Å²) in [6.45, 7) is 0. The summed E-state index contributed by atoms with van der Waals surface area (Å²) in [5.41, 5.74) is 1.01. The topological polar surface area (TPSA) is 26.0 Å². The van der Waals surface area contributed by atoms with Crippen LogP contribution in [0.1, 0.15) is 5.89 Å². The predicted octanol–water partition coefficient (Wildman–Crippen LogP) is 3.47. The average molecular weight is 264 g/mol. The number of halogens is 3. The Bertz CT molecular complexity index is 418. The van der Waals surface area contributed by atoms with Crippen LogP contribution < -0.4 is 0 Å². The average Bonchev–Trinajstić information content (AvgIpc) is 2.48. The standard InChI is InChI=1S/C8H4BrClFNO/c9-4-1-7-6(2-5(4)11)12-8(3-10)13-7/h1-2H,3H2. The van der Waals surface area contributed by atoms with Gasteiger partial charge >= 0.3 is 0 Å². The Balaban J connectivity index is 2.70. The first-order valence-corrected chi connectivity index (χ1v) is 4.84. The minimum Gasteiger partial charge on any atom is -0.439 e. The van der Waals surface area contributed by atoms with Gasteiger partial charge in [0.2, 0.25) is 5.89 Å². The summed E-state index contributed by atoms with van der Waals surface area (Å²) in [5, 5.41) is 0. The Morgan fingerprint density at radius 2 is 2.31 bits per heavy atom. The summed E-state index contributed by atoms with van der Waals surface area (Å²) in [5.74, 6) is 0.226. The maximum absolute atomic E-state index is 13.0. The Labute approximate surface area is 86.8 Å². The second kappa shape index (κ2) is 3.27. The van der Waals surface area contributed by atoms with E-state index in [9.17, 15) is 4.39 Å². The highest BCUT2D eigenvalue weighted by Gasteiger charge is 2.08. The third-order valence-corrected chi connectivity index (χ3v) is 2.43. The quantitative estimate of drug-likeness (QED) is 0.737. The van der Waals surface area contributed by atoms with Crippen LogP contribution in [0.4, 0.5) is 4.39 Å². The predicted molar refractivity (Wildman–Crippen MR) is 51.2 cm³/mol. The molecule has 0 N–H and O–H groups in total. The van der Waals surface area contributed by atoms with Gasteiger partial charge in [0.15, 0.2) is 5.58 Å². The second-order valence-corrected chi connectivity index (χ2v) is 3.60. The van der Waals surface area contributed by atoms with Gasteiger partial charge in [0, 0.05) is 12.1 Å². The molecule has 2 nitrogen and oxygen atoms in total. The Morgan fingerprint density at radius 3 is 3.00 bits per heavy atom. The van der Waals surface area contributed by atoms with Crippen LogP contribution in [0.5, 0.6) is 0 Å². The molecule has 0 aliphatic heterocycles. The molecule has 1 aromatic carbocycles. The zero-order chi connectivity index (χ0) is 9.42. The second-order valence-electron chi connectivity index (χ2n) is 2.48.